The minimum absolute atomic E-state index is 0.0352. The number of ether oxygens (including phenoxy) is 1. The van der Waals surface area contributed by atoms with E-state index in [0.717, 1.165) is 12.2 Å². The van der Waals surface area contributed by atoms with Crippen molar-refractivity contribution in [1.82, 2.24) is 10.6 Å². The number of fused-ring (bicyclic) bond motifs is 1. The van der Waals surface area contributed by atoms with Gasteiger partial charge in [0.2, 0.25) is 5.91 Å². The van der Waals surface area contributed by atoms with Gasteiger partial charge in [-0.2, -0.15) is 0 Å². The highest BCUT2D eigenvalue weighted by Crippen LogP contribution is 2.27. The van der Waals surface area contributed by atoms with Crippen LogP contribution in [-0.2, 0) is 11.2 Å². The van der Waals surface area contributed by atoms with Gasteiger partial charge in [0, 0.05) is 19.5 Å². The van der Waals surface area contributed by atoms with Crippen molar-refractivity contribution in [3.63, 3.8) is 0 Å². The van der Waals surface area contributed by atoms with Crippen LogP contribution in [0.2, 0.25) is 0 Å². The van der Waals surface area contributed by atoms with Crippen LogP contribution < -0.4 is 15.4 Å². The smallest absolute Gasteiger partial charge is 0.236 e. The second-order valence-corrected chi connectivity index (χ2v) is 4.58. The Morgan fingerprint density at radius 3 is 3.00 bits per heavy atom. The van der Waals surface area contributed by atoms with Crippen LogP contribution in [0.5, 0.6) is 5.75 Å². The lowest BCUT2D eigenvalue weighted by Crippen LogP contribution is -2.45. The van der Waals surface area contributed by atoms with Crippen LogP contribution in [0, 0.1) is 0 Å². The van der Waals surface area contributed by atoms with Gasteiger partial charge in [-0.15, -0.1) is 0 Å². The molecule has 2 unspecified atom stereocenters. The Morgan fingerprint density at radius 2 is 2.28 bits per heavy atom. The molecule has 0 radical (unpaired) electrons. The Hall–Kier alpha value is -1.55. The van der Waals surface area contributed by atoms with Gasteiger partial charge in [-0.25, -0.2) is 0 Å². The molecule has 18 heavy (non-hydrogen) atoms. The summed E-state index contributed by atoms with van der Waals surface area (Å²) in [6, 6.07) is 7.89. The van der Waals surface area contributed by atoms with Gasteiger partial charge in [0.15, 0.2) is 0 Å². The van der Waals surface area contributed by atoms with Crippen molar-refractivity contribution >= 4 is 5.91 Å². The highest BCUT2D eigenvalue weighted by molar-refractivity contribution is 5.81. The first-order chi connectivity index (χ1) is 8.70. The van der Waals surface area contributed by atoms with E-state index >= 15 is 0 Å². The zero-order valence-electron chi connectivity index (χ0n) is 10.9. The minimum Gasteiger partial charge on any atom is -0.488 e. The lowest BCUT2D eigenvalue weighted by molar-refractivity contribution is -0.122. The van der Waals surface area contributed by atoms with E-state index in [4.69, 9.17) is 4.74 Å². The van der Waals surface area contributed by atoms with Gasteiger partial charge in [0.25, 0.3) is 0 Å². The standard InChI is InChI=1S/C14H20N2O2/c1-3-15-14(17)10(2)16-9-12-8-11-6-4-5-7-13(11)18-12/h4-7,10,12,16H,3,8-9H2,1-2H3,(H,15,17). The molecule has 1 aromatic carbocycles. The molecule has 0 aromatic heterocycles. The van der Waals surface area contributed by atoms with Gasteiger partial charge in [-0.3, -0.25) is 4.79 Å². The van der Waals surface area contributed by atoms with Gasteiger partial charge in [0.05, 0.1) is 6.04 Å². The molecule has 2 N–H and O–H groups in total. The van der Waals surface area contributed by atoms with E-state index in [0.29, 0.717) is 13.1 Å². The van der Waals surface area contributed by atoms with E-state index in [2.05, 4.69) is 16.7 Å². The second kappa shape index (κ2) is 5.87. The molecule has 1 aromatic rings. The number of hydrogen-bond donors (Lipinski definition) is 2. The van der Waals surface area contributed by atoms with Crippen LogP contribution >= 0.6 is 0 Å². The largest absolute Gasteiger partial charge is 0.488 e. The topological polar surface area (TPSA) is 50.4 Å². The molecule has 98 valence electrons. The average molecular weight is 248 g/mol. The fraction of sp³-hybridized carbons (Fsp3) is 0.500. The van der Waals surface area contributed by atoms with Crippen LogP contribution in [0.3, 0.4) is 0 Å². The van der Waals surface area contributed by atoms with Gasteiger partial charge in [-0.05, 0) is 25.5 Å². The maximum Gasteiger partial charge on any atom is 0.236 e. The fourth-order valence-electron chi connectivity index (χ4n) is 2.10. The molecule has 1 heterocycles. The molecule has 0 fully saturated rings. The van der Waals surface area contributed by atoms with Crippen LogP contribution in [0.25, 0.3) is 0 Å². The van der Waals surface area contributed by atoms with Crippen LogP contribution in [0.15, 0.2) is 24.3 Å². The summed E-state index contributed by atoms with van der Waals surface area (Å²) in [7, 11) is 0. The Morgan fingerprint density at radius 1 is 1.50 bits per heavy atom. The summed E-state index contributed by atoms with van der Waals surface area (Å²) >= 11 is 0. The number of amides is 1. The van der Waals surface area contributed by atoms with E-state index in [1.807, 2.05) is 32.0 Å². The van der Waals surface area contributed by atoms with Gasteiger partial charge in [0.1, 0.15) is 11.9 Å². The van der Waals surface area contributed by atoms with Gasteiger partial charge < -0.3 is 15.4 Å². The van der Waals surface area contributed by atoms with Gasteiger partial charge >= 0.3 is 0 Å². The summed E-state index contributed by atoms with van der Waals surface area (Å²) in [6.07, 6.45) is 1.03. The van der Waals surface area contributed by atoms with Gasteiger partial charge in [-0.1, -0.05) is 18.2 Å². The molecule has 0 spiro atoms. The third-order valence-corrected chi connectivity index (χ3v) is 3.11. The normalized spacial score (nSPS) is 18.9. The first kappa shape index (κ1) is 12.9. The summed E-state index contributed by atoms with van der Waals surface area (Å²) in [5.74, 6) is 1.00. The molecule has 1 aliphatic heterocycles. The van der Waals surface area contributed by atoms with Crippen molar-refractivity contribution in [2.24, 2.45) is 0 Å². The Labute approximate surface area is 108 Å². The predicted octanol–water partition coefficient (Wildman–Crippen LogP) is 1.10. The number of carbonyl (C=O) groups excluding carboxylic acids is 1. The second-order valence-electron chi connectivity index (χ2n) is 4.58. The van der Waals surface area contributed by atoms with E-state index < -0.39 is 0 Å². The van der Waals surface area contributed by atoms with E-state index in [1.165, 1.54) is 5.56 Å². The average Bonchev–Trinajstić information content (AvgIpc) is 2.78. The van der Waals surface area contributed by atoms with Crippen LogP contribution in [-0.4, -0.2) is 31.1 Å². The molecule has 1 amide bonds. The Kier molecular flexibility index (Phi) is 4.20. The molecule has 4 heteroatoms. The molecule has 0 aliphatic carbocycles. The summed E-state index contributed by atoms with van der Waals surface area (Å²) in [6.45, 7) is 5.14. The van der Waals surface area contributed by atoms with E-state index in [1.54, 1.807) is 0 Å². The first-order valence-electron chi connectivity index (χ1n) is 6.46. The highest BCUT2D eigenvalue weighted by Gasteiger charge is 2.23. The van der Waals surface area contributed by atoms with Crippen molar-refractivity contribution in [1.29, 1.82) is 0 Å². The molecular formula is C14H20N2O2. The van der Waals surface area contributed by atoms with Crippen LogP contribution in [0.1, 0.15) is 19.4 Å². The molecule has 2 atom stereocenters. The van der Waals surface area contributed by atoms with Crippen molar-refractivity contribution in [3.8, 4) is 5.75 Å². The Balaban J connectivity index is 1.78. The molecular weight excluding hydrogens is 228 g/mol. The van der Waals surface area contributed by atoms with Crippen molar-refractivity contribution in [2.75, 3.05) is 13.1 Å². The Bertz CT molecular complexity index is 395. The number of likely N-dealkylation sites (N-methyl/N-ethyl adjacent to an activating group) is 1. The predicted molar refractivity (Wildman–Crippen MR) is 70.7 cm³/mol. The molecule has 0 saturated heterocycles. The monoisotopic (exact) mass is 248 g/mol. The third kappa shape index (κ3) is 3.01. The maximum atomic E-state index is 11.6. The molecule has 0 saturated carbocycles. The number of benzene rings is 1. The molecule has 1 aliphatic rings. The molecule has 4 nitrogen and oxygen atoms in total. The maximum absolute atomic E-state index is 11.6. The number of carbonyl (C=O) groups is 1. The summed E-state index contributed by atoms with van der Waals surface area (Å²) in [4.78, 5) is 11.6. The van der Waals surface area contributed by atoms with Crippen LogP contribution in [0.4, 0.5) is 0 Å². The zero-order chi connectivity index (χ0) is 13.0. The first-order valence-corrected chi connectivity index (χ1v) is 6.46. The van der Waals surface area contributed by atoms with Crippen molar-refractivity contribution < 1.29 is 9.53 Å². The third-order valence-electron chi connectivity index (χ3n) is 3.11. The number of hydrogen-bond acceptors (Lipinski definition) is 3. The fourth-order valence-corrected chi connectivity index (χ4v) is 2.10. The lowest BCUT2D eigenvalue weighted by atomic mass is 10.1. The summed E-state index contributed by atoms with van der Waals surface area (Å²) in [5.41, 5.74) is 1.25. The van der Waals surface area contributed by atoms with E-state index in [9.17, 15) is 4.79 Å². The lowest BCUT2D eigenvalue weighted by Gasteiger charge is -2.16. The quantitative estimate of drug-likeness (QED) is 0.820. The highest BCUT2D eigenvalue weighted by atomic mass is 16.5. The number of para-hydroxylation sites is 1. The minimum atomic E-state index is -0.183. The number of nitrogens with one attached hydrogen (secondary N) is 2. The summed E-state index contributed by atoms with van der Waals surface area (Å²) in [5, 5.41) is 6.00. The van der Waals surface area contributed by atoms with Crippen molar-refractivity contribution in [3.05, 3.63) is 29.8 Å². The van der Waals surface area contributed by atoms with E-state index in [-0.39, 0.29) is 18.1 Å². The van der Waals surface area contributed by atoms with Crippen molar-refractivity contribution in [2.45, 2.75) is 32.4 Å². The zero-order valence-corrected chi connectivity index (χ0v) is 10.9. The number of rotatable bonds is 5. The molecule has 0 bridgehead atoms. The SMILES string of the molecule is CCNC(=O)C(C)NCC1Cc2ccccc2O1. The molecule has 2 rings (SSSR count). The summed E-state index contributed by atoms with van der Waals surface area (Å²) < 4.78 is 5.80.